The van der Waals surface area contributed by atoms with Crippen molar-refractivity contribution < 1.29 is 18.7 Å². The van der Waals surface area contributed by atoms with Gasteiger partial charge in [0.1, 0.15) is 17.7 Å². The molecule has 0 bridgehead atoms. The molecule has 4 nitrogen and oxygen atoms in total. The number of amides is 1. The van der Waals surface area contributed by atoms with E-state index in [-0.39, 0.29) is 18.0 Å². The van der Waals surface area contributed by atoms with Crippen molar-refractivity contribution in [3.8, 4) is 0 Å². The van der Waals surface area contributed by atoms with E-state index in [2.05, 4.69) is 5.32 Å². The largest absolute Gasteiger partial charge is 0.467 e. The van der Waals surface area contributed by atoms with Gasteiger partial charge in [0.2, 0.25) is 0 Å². The summed E-state index contributed by atoms with van der Waals surface area (Å²) in [5.41, 5.74) is 0.257. The van der Waals surface area contributed by atoms with Gasteiger partial charge in [0.15, 0.2) is 0 Å². The van der Waals surface area contributed by atoms with Crippen LogP contribution in [0.3, 0.4) is 0 Å². The van der Waals surface area contributed by atoms with Gasteiger partial charge in [-0.05, 0) is 36.8 Å². The summed E-state index contributed by atoms with van der Waals surface area (Å²) in [5.74, 6) is -0.366. The minimum atomic E-state index is -0.761. The van der Waals surface area contributed by atoms with Gasteiger partial charge >= 0.3 is 0 Å². The molecule has 0 saturated carbocycles. The van der Waals surface area contributed by atoms with Crippen molar-refractivity contribution in [1.29, 1.82) is 0 Å². The molecule has 0 aliphatic rings. The van der Waals surface area contributed by atoms with Crippen LogP contribution in [0.2, 0.25) is 0 Å². The molecule has 1 aromatic heterocycles. The molecule has 2 rings (SSSR count). The molecule has 0 spiro atoms. The Hall–Kier alpha value is -2.14. The van der Waals surface area contributed by atoms with Crippen molar-refractivity contribution in [2.45, 2.75) is 12.5 Å². The summed E-state index contributed by atoms with van der Waals surface area (Å²) in [4.78, 5) is 11.7. The smallest absolute Gasteiger partial charge is 0.251 e. The van der Waals surface area contributed by atoms with E-state index in [1.165, 1.54) is 24.5 Å². The summed E-state index contributed by atoms with van der Waals surface area (Å²) in [5, 5.41) is 12.3. The first-order valence-electron chi connectivity index (χ1n) is 5.92. The fraction of sp³-hybridized carbons (Fsp3) is 0.214. The molecular weight excluding hydrogens is 249 g/mol. The minimum absolute atomic E-state index is 0.257. The van der Waals surface area contributed by atoms with Crippen LogP contribution in [0.5, 0.6) is 0 Å². The van der Waals surface area contributed by atoms with E-state index in [0.29, 0.717) is 12.2 Å². The number of aliphatic hydroxyl groups is 1. The molecule has 5 heteroatoms. The Morgan fingerprint density at radius 3 is 2.89 bits per heavy atom. The van der Waals surface area contributed by atoms with Gasteiger partial charge in [0.05, 0.1) is 6.26 Å². The summed E-state index contributed by atoms with van der Waals surface area (Å²) in [7, 11) is 0. The lowest BCUT2D eigenvalue weighted by molar-refractivity contribution is 0.0935. The normalized spacial score (nSPS) is 12.1. The Balaban J connectivity index is 1.81. The van der Waals surface area contributed by atoms with Crippen LogP contribution in [0, 0.1) is 5.82 Å². The van der Waals surface area contributed by atoms with E-state index in [9.17, 15) is 14.3 Å². The second-order valence-electron chi connectivity index (χ2n) is 4.09. The molecule has 1 amide bonds. The molecule has 1 heterocycles. The summed E-state index contributed by atoms with van der Waals surface area (Å²) in [6.45, 7) is 0.275. The highest BCUT2D eigenvalue weighted by Crippen LogP contribution is 2.15. The number of rotatable bonds is 5. The van der Waals surface area contributed by atoms with Gasteiger partial charge in [-0.15, -0.1) is 0 Å². The molecule has 2 aromatic rings. The number of nitrogens with one attached hydrogen (secondary N) is 1. The summed E-state index contributed by atoms with van der Waals surface area (Å²) >= 11 is 0. The number of furan rings is 1. The first-order valence-corrected chi connectivity index (χ1v) is 5.92. The molecule has 19 heavy (non-hydrogen) atoms. The van der Waals surface area contributed by atoms with Gasteiger partial charge in [-0.2, -0.15) is 0 Å². The molecule has 0 aliphatic heterocycles. The highest BCUT2D eigenvalue weighted by Gasteiger charge is 2.11. The average Bonchev–Trinajstić information content (AvgIpc) is 2.92. The molecule has 0 aliphatic carbocycles. The van der Waals surface area contributed by atoms with Gasteiger partial charge in [-0.1, -0.05) is 6.07 Å². The predicted molar refractivity (Wildman–Crippen MR) is 67.0 cm³/mol. The topological polar surface area (TPSA) is 62.5 Å². The minimum Gasteiger partial charge on any atom is -0.467 e. The lowest BCUT2D eigenvalue weighted by Gasteiger charge is -2.09. The fourth-order valence-corrected chi connectivity index (χ4v) is 1.68. The molecule has 0 radical (unpaired) electrons. The summed E-state index contributed by atoms with van der Waals surface area (Å²) in [6, 6.07) is 8.79. The highest BCUT2D eigenvalue weighted by atomic mass is 19.1. The van der Waals surface area contributed by atoms with Crippen LogP contribution >= 0.6 is 0 Å². The number of halogens is 1. The Bertz CT molecular complexity index is 539. The molecule has 100 valence electrons. The van der Waals surface area contributed by atoms with Crippen LogP contribution in [-0.2, 0) is 0 Å². The summed E-state index contributed by atoms with van der Waals surface area (Å²) < 4.78 is 18.0. The Morgan fingerprint density at radius 2 is 2.21 bits per heavy atom. The first-order chi connectivity index (χ1) is 9.16. The maximum atomic E-state index is 12.9. The van der Waals surface area contributed by atoms with Crippen LogP contribution in [0.1, 0.15) is 28.6 Å². The lowest BCUT2D eigenvalue weighted by Crippen LogP contribution is -2.25. The molecule has 0 saturated heterocycles. The van der Waals surface area contributed by atoms with Crippen LogP contribution in [0.25, 0.3) is 0 Å². The molecule has 0 unspecified atom stereocenters. The van der Waals surface area contributed by atoms with Gasteiger partial charge < -0.3 is 14.8 Å². The Morgan fingerprint density at radius 1 is 1.37 bits per heavy atom. The first kappa shape index (κ1) is 13.3. The SMILES string of the molecule is O=C(NCC[C@@H](O)c1ccco1)c1cccc(F)c1. The average molecular weight is 263 g/mol. The maximum Gasteiger partial charge on any atom is 0.251 e. The Kier molecular flexibility index (Phi) is 4.30. The monoisotopic (exact) mass is 263 g/mol. The zero-order valence-corrected chi connectivity index (χ0v) is 10.2. The van der Waals surface area contributed by atoms with Crippen LogP contribution in [0.4, 0.5) is 4.39 Å². The van der Waals surface area contributed by atoms with Crippen molar-refractivity contribution in [3.63, 3.8) is 0 Å². The molecule has 1 atom stereocenters. The number of aliphatic hydroxyl groups excluding tert-OH is 1. The number of hydrogen-bond acceptors (Lipinski definition) is 3. The van der Waals surface area contributed by atoms with Crippen LogP contribution in [-0.4, -0.2) is 17.6 Å². The van der Waals surface area contributed by atoms with Crippen molar-refractivity contribution >= 4 is 5.91 Å². The second kappa shape index (κ2) is 6.15. The molecule has 0 fully saturated rings. The van der Waals surface area contributed by atoms with Gasteiger partial charge in [0.25, 0.3) is 5.91 Å². The third-order valence-corrected chi connectivity index (χ3v) is 2.66. The molecule has 2 N–H and O–H groups in total. The van der Waals surface area contributed by atoms with Crippen molar-refractivity contribution in [3.05, 3.63) is 59.8 Å². The van der Waals surface area contributed by atoms with Crippen LogP contribution in [0.15, 0.2) is 47.1 Å². The van der Waals surface area contributed by atoms with Crippen LogP contribution < -0.4 is 5.32 Å². The van der Waals surface area contributed by atoms with Gasteiger partial charge in [-0.25, -0.2) is 4.39 Å². The zero-order valence-electron chi connectivity index (χ0n) is 10.2. The summed E-state index contributed by atoms with van der Waals surface area (Å²) in [6.07, 6.45) is 1.04. The lowest BCUT2D eigenvalue weighted by atomic mass is 10.2. The second-order valence-corrected chi connectivity index (χ2v) is 4.09. The van der Waals surface area contributed by atoms with Gasteiger partial charge in [0, 0.05) is 12.1 Å². The predicted octanol–water partition coefficient (Wildman–Crippen LogP) is 2.27. The van der Waals surface area contributed by atoms with E-state index < -0.39 is 11.9 Å². The number of carbonyl (C=O) groups is 1. The maximum absolute atomic E-state index is 12.9. The molecular formula is C14H14FNO3. The van der Waals surface area contributed by atoms with E-state index in [1.807, 2.05) is 0 Å². The third kappa shape index (κ3) is 3.66. The van der Waals surface area contributed by atoms with Gasteiger partial charge in [-0.3, -0.25) is 4.79 Å². The van der Waals surface area contributed by atoms with E-state index >= 15 is 0 Å². The van der Waals surface area contributed by atoms with Crippen molar-refractivity contribution in [2.75, 3.05) is 6.54 Å². The standard InChI is InChI=1S/C14H14FNO3/c15-11-4-1-3-10(9-11)14(18)16-7-6-12(17)13-5-2-8-19-13/h1-5,8-9,12,17H,6-7H2,(H,16,18)/t12-/m1/s1. The molecule has 1 aromatic carbocycles. The number of benzene rings is 1. The van der Waals surface area contributed by atoms with E-state index in [4.69, 9.17) is 4.42 Å². The third-order valence-electron chi connectivity index (χ3n) is 2.66. The Labute approximate surface area is 109 Å². The highest BCUT2D eigenvalue weighted by molar-refractivity contribution is 5.94. The number of carbonyl (C=O) groups excluding carboxylic acids is 1. The van der Waals surface area contributed by atoms with E-state index in [0.717, 1.165) is 6.07 Å². The zero-order chi connectivity index (χ0) is 13.7. The number of hydrogen-bond donors (Lipinski definition) is 2. The van der Waals surface area contributed by atoms with Crippen molar-refractivity contribution in [2.24, 2.45) is 0 Å². The van der Waals surface area contributed by atoms with Crippen molar-refractivity contribution in [1.82, 2.24) is 5.32 Å². The quantitative estimate of drug-likeness (QED) is 0.869. The fourth-order valence-electron chi connectivity index (χ4n) is 1.68. The van der Waals surface area contributed by atoms with E-state index in [1.54, 1.807) is 12.1 Å².